The molecule has 0 unspecified atom stereocenters. The lowest BCUT2D eigenvalue weighted by atomic mass is 10.4. The summed E-state index contributed by atoms with van der Waals surface area (Å²) in [6.07, 6.45) is 1.74. The van der Waals surface area contributed by atoms with Crippen molar-refractivity contribution in [2.75, 3.05) is 37.8 Å². The van der Waals surface area contributed by atoms with Crippen LogP contribution < -0.4 is 4.90 Å². The van der Waals surface area contributed by atoms with Crippen LogP contribution in [-0.2, 0) is 16.2 Å². The average Bonchev–Trinajstić information content (AvgIpc) is 2.76. The monoisotopic (exact) mass is 298 g/mol. The standard InChI is InChI=1S/C14H26N2O3Si/c1-20(2,3)9-8-19-12-16-11-13(17)10-14(16)15-4-6-18-7-5-15/h10-11,17H,4-9,12H2,1-3H3. The third kappa shape index (κ3) is 4.54. The van der Waals surface area contributed by atoms with E-state index in [0.717, 1.165) is 44.8 Å². The number of aromatic hydroxyl groups is 1. The van der Waals surface area contributed by atoms with Crippen molar-refractivity contribution in [1.82, 2.24) is 4.57 Å². The van der Waals surface area contributed by atoms with Gasteiger partial charge in [-0.2, -0.15) is 0 Å². The fourth-order valence-corrected chi connectivity index (χ4v) is 2.95. The van der Waals surface area contributed by atoms with Gasteiger partial charge in [0.1, 0.15) is 18.3 Å². The van der Waals surface area contributed by atoms with Crippen molar-refractivity contribution >= 4 is 13.9 Å². The molecule has 2 heterocycles. The molecule has 1 aliphatic rings. The lowest BCUT2D eigenvalue weighted by Gasteiger charge is -2.29. The summed E-state index contributed by atoms with van der Waals surface area (Å²) in [4.78, 5) is 2.23. The molecule has 5 nitrogen and oxygen atoms in total. The van der Waals surface area contributed by atoms with E-state index in [-0.39, 0.29) is 0 Å². The Labute approximate surface area is 122 Å². The number of hydrogen-bond donors (Lipinski definition) is 1. The fraction of sp³-hybridized carbons (Fsp3) is 0.714. The van der Waals surface area contributed by atoms with E-state index in [1.807, 2.05) is 4.57 Å². The minimum Gasteiger partial charge on any atom is -0.506 e. The van der Waals surface area contributed by atoms with Crippen LogP contribution in [-0.4, -0.2) is 50.7 Å². The summed E-state index contributed by atoms with van der Waals surface area (Å²) in [7, 11) is -1.05. The summed E-state index contributed by atoms with van der Waals surface area (Å²) in [5.41, 5.74) is 0. The van der Waals surface area contributed by atoms with Gasteiger partial charge in [-0.05, 0) is 6.04 Å². The van der Waals surface area contributed by atoms with Gasteiger partial charge in [-0.15, -0.1) is 0 Å². The molecule has 0 amide bonds. The fourth-order valence-electron chi connectivity index (χ4n) is 2.19. The van der Waals surface area contributed by atoms with Crippen LogP contribution in [0.2, 0.25) is 25.7 Å². The van der Waals surface area contributed by atoms with Crippen molar-refractivity contribution in [3.63, 3.8) is 0 Å². The first kappa shape index (κ1) is 15.4. The maximum absolute atomic E-state index is 9.72. The van der Waals surface area contributed by atoms with Crippen molar-refractivity contribution in [3.05, 3.63) is 12.3 Å². The Hall–Kier alpha value is -0.983. The van der Waals surface area contributed by atoms with Crippen molar-refractivity contribution in [1.29, 1.82) is 0 Å². The van der Waals surface area contributed by atoms with Crippen LogP contribution >= 0.6 is 0 Å². The van der Waals surface area contributed by atoms with E-state index in [9.17, 15) is 5.11 Å². The molecule has 1 aromatic rings. The lowest BCUT2D eigenvalue weighted by Crippen LogP contribution is -2.37. The Bertz CT molecular complexity index is 423. The molecule has 1 saturated heterocycles. The summed E-state index contributed by atoms with van der Waals surface area (Å²) in [6.45, 7) is 11.5. The highest BCUT2D eigenvalue weighted by Crippen LogP contribution is 2.24. The van der Waals surface area contributed by atoms with E-state index >= 15 is 0 Å². The summed E-state index contributed by atoms with van der Waals surface area (Å²) in [5, 5.41) is 9.72. The predicted molar refractivity (Wildman–Crippen MR) is 83.2 cm³/mol. The molecule has 0 saturated carbocycles. The third-order valence-electron chi connectivity index (χ3n) is 3.42. The number of morpholine rings is 1. The Balaban J connectivity index is 1.90. The number of aromatic nitrogens is 1. The SMILES string of the molecule is C[Si](C)(C)CCOCn1cc(O)cc1N1CCOCC1. The molecule has 2 rings (SSSR count). The van der Waals surface area contributed by atoms with E-state index in [4.69, 9.17) is 9.47 Å². The minimum atomic E-state index is -1.05. The number of anilines is 1. The van der Waals surface area contributed by atoms with Gasteiger partial charge >= 0.3 is 0 Å². The minimum absolute atomic E-state index is 0.292. The van der Waals surface area contributed by atoms with Gasteiger partial charge in [-0.1, -0.05) is 19.6 Å². The first-order chi connectivity index (χ1) is 9.46. The van der Waals surface area contributed by atoms with Gasteiger partial charge in [0.25, 0.3) is 0 Å². The molecule has 0 aromatic carbocycles. The van der Waals surface area contributed by atoms with Gasteiger partial charge in [0, 0.05) is 40.0 Å². The zero-order valence-electron chi connectivity index (χ0n) is 12.8. The maximum Gasteiger partial charge on any atom is 0.135 e. The van der Waals surface area contributed by atoms with Crippen LogP contribution in [0.15, 0.2) is 12.3 Å². The Morgan fingerprint density at radius 3 is 2.65 bits per heavy atom. The van der Waals surface area contributed by atoms with Crippen LogP contribution in [0.25, 0.3) is 0 Å². The molecule has 1 aromatic heterocycles. The van der Waals surface area contributed by atoms with Crippen LogP contribution in [0, 0.1) is 0 Å². The first-order valence-electron chi connectivity index (χ1n) is 7.25. The number of hydrogen-bond acceptors (Lipinski definition) is 4. The van der Waals surface area contributed by atoms with E-state index in [0.29, 0.717) is 12.5 Å². The number of ether oxygens (including phenoxy) is 2. The highest BCUT2D eigenvalue weighted by Gasteiger charge is 2.17. The zero-order valence-corrected chi connectivity index (χ0v) is 13.8. The van der Waals surface area contributed by atoms with Gasteiger partial charge in [-0.3, -0.25) is 0 Å². The Morgan fingerprint density at radius 2 is 2.00 bits per heavy atom. The third-order valence-corrected chi connectivity index (χ3v) is 5.13. The Morgan fingerprint density at radius 1 is 1.30 bits per heavy atom. The van der Waals surface area contributed by atoms with Crippen molar-refractivity contribution in [3.8, 4) is 5.75 Å². The highest BCUT2D eigenvalue weighted by molar-refractivity contribution is 6.76. The normalized spacial score (nSPS) is 16.6. The second-order valence-electron chi connectivity index (χ2n) is 6.47. The molecule has 0 aliphatic carbocycles. The van der Waals surface area contributed by atoms with E-state index in [1.54, 1.807) is 12.3 Å². The molecule has 1 aliphatic heterocycles. The first-order valence-corrected chi connectivity index (χ1v) is 11.0. The van der Waals surface area contributed by atoms with Gasteiger partial charge < -0.3 is 24.0 Å². The molecule has 0 atom stereocenters. The smallest absolute Gasteiger partial charge is 0.135 e. The molecule has 1 N–H and O–H groups in total. The molecular formula is C14H26N2O3Si. The second kappa shape index (κ2) is 6.65. The zero-order chi connectivity index (χ0) is 14.6. The summed E-state index contributed by atoms with van der Waals surface area (Å²) in [6, 6.07) is 2.96. The number of nitrogens with zero attached hydrogens (tertiary/aromatic N) is 2. The van der Waals surface area contributed by atoms with Crippen LogP contribution in [0.3, 0.4) is 0 Å². The van der Waals surface area contributed by atoms with E-state index in [2.05, 4.69) is 24.5 Å². The predicted octanol–water partition coefficient (Wildman–Crippen LogP) is 2.34. The number of rotatable bonds is 6. The summed E-state index contributed by atoms with van der Waals surface area (Å²) < 4.78 is 13.1. The van der Waals surface area contributed by atoms with Crippen LogP contribution in [0.5, 0.6) is 5.75 Å². The van der Waals surface area contributed by atoms with Crippen LogP contribution in [0.4, 0.5) is 5.82 Å². The molecule has 20 heavy (non-hydrogen) atoms. The molecule has 6 heteroatoms. The van der Waals surface area contributed by atoms with Gasteiger partial charge in [0.2, 0.25) is 0 Å². The van der Waals surface area contributed by atoms with Crippen molar-refractivity contribution in [2.24, 2.45) is 0 Å². The topological polar surface area (TPSA) is 46.9 Å². The van der Waals surface area contributed by atoms with Crippen LogP contribution in [0.1, 0.15) is 0 Å². The van der Waals surface area contributed by atoms with Gasteiger partial charge in [0.05, 0.1) is 13.2 Å². The Kier molecular flexibility index (Phi) is 5.12. The molecular weight excluding hydrogens is 272 g/mol. The lowest BCUT2D eigenvalue weighted by molar-refractivity contribution is 0.0859. The summed E-state index contributed by atoms with van der Waals surface area (Å²) in [5.74, 6) is 1.30. The highest BCUT2D eigenvalue weighted by atomic mass is 28.3. The molecule has 0 radical (unpaired) electrons. The average molecular weight is 298 g/mol. The van der Waals surface area contributed by atoms with Crippen molar-refractivity contribution in [2.45, 2.75) is 32.4 Å². The van der Waals surface area contributed by atoms with E-state index < -0.39 is 8.07 Å². The quantitative estimate of drug-likeness (QED) is 0.647. The van der Waals surface area contributed by atoms with Gasteiger partial charge in [0.15, 0.2) is 0 Å². The summed E-state index contributed by atoms with van der Waals surface area (Å²) >= 11 is 0. The largest absolute Gasteiger partial charge is 0.506 e. The van der Waals surface area contributed by atoms with E-state index in [1.165, 1.54) is 0 Å². The molecule has 1 fully saturated rings. The molecule has 0 spiro atoms. The molecule has 0 bridgehead atoms. The molecule has 114 valence electrons. The second-order valence-corrected chi connectivity index (χ2v) is 12.1. The van der Waals surface area contributed by atoms with Crippen molar-refractivity contribution < 1.29 is 14.6 Å². The maximum atomic E-state index is 9.72. The van der Waals surface area contributed by atoms with Gasteiger partial charge in [-0.25, -0.2) is 0 Å².